The summed E-state index contributed by atoms with van der Waals surface area (Å²) < 4.78 is 2.02. The van der Waals surface area contributed by atoms with Crippen LogP contribution in [0.5, 0.6) is 0 Å². The fourth-order valence-electron chi connectivity index (χ4n) is 5.74. The van der Waals surface area contributed by atoms with Crippen molar-refractivity contribution in [3.05, 3.63) is 83.9 Å². The van der Waals surface area contributed by atoms with Gasteiger partial charge in [-0.25, -0.2) is 0 Å². The molecule has 2 nitrogen and oxygen atoms in total. The average molecular weight is 483 g/mol. The van der Waals surface area contributed by atoms with Crippen LogP contribution in [0.3, 0.4) is 0 Å². The Labute approximate surface area is 219 Å². The van der Waals surface area contributed by atoms with Crippen LogP contribution in [0.15, 0.2) is 72.8 Å². The van der Waals surface area contributed by atoms with Gasteiger partial charge in [0, 0.05) is 11.1 Å². The van der Waals surface area contributed by atoms with E-state index in [0.29, 0.717) is 0 Å². The second kappa shape index (κ2) is 11.2. The number of nitrogens with zero attached hydrogens (tertiary/aromatic N) is 2. The Morgan fingerprint density at radius 1 is 0.500 bits per heavy atom. The molecule has 0 aliphatic rings. The Morgan fingerprint density at radius 2 is 0.889 bits per heavy atom. The molecular weight excluding hydrogens is 436 g/mol. The van der Waals surface area contributed by atoms with Crippen molar-refractivity contribution < 1.29 is 8.97 Å². The summed E-state index contributed by atoms with van der Waals surface area (Å²) >= 11 is 0. The van der Waals surface area contributed by atoms with Crippen molar-refractivity contribution in [2.75, 3.05) is 41.3 Å². The number of hydrogen-bond acceptors (Lipinski definition) is 0. The van der Waals surface area contributed by atoms with Crippen molar-refractivity contribution in [2.45, 2.75) is 52.6 Å². The molecule has 0 radical (unpaired) electrons. The molecule has 0 heterocycles. The Kier molecular flexibility index (Phi) is 8.17. The van der Waals surface area contributed by atoms with Crippen LogP contribution >= 0.6 is 0 Å². The van der Waals surface area contributed by atoms with Gasteiger partial charge in [-0.3, -0.25) is 0 Å². The summed E-state index contributed by atoms with van der Waals surface area (Å²) in [4.78, 5) is 0. The zero-order valence-electron chi connectivity index (χ0n) is 23.5. The first-order valence-electron chi connectivity index (χ1n) is 13.9. The van der Waals surface area contributed by atoms with E-state index >= 15 is 0 Å². The van der Waals surface area contributed by atoms with Gasteiger partial charge in [-0.2, -0.15) is 0 Å². The largest absolute Gasteiger partial charge is 0.325 e. The molecule has 190 valence electrons. The van der Waals surface area contributed by atoms with E-state index in [9.17, 15) is 0 Å². The highest BCUT2D eigenvalue weighted by Gasteiger charge is 2.25. The van der Waals surface area contributed by atoms with E-state index in [1.165, 1.54) is 82.6 Å². The molecule has 0 aromatic heterocycles. The molecule has 0 N–H and O–H groups in total. The van der Waals surface area contributed by atoms with Crippen LogP contribution in [0.2, 0.25) is 0 Å². The quantitative estimate of drug-likeness (QED) is 0.188. The molecule has 4 aromatic carbocycles. The number of hydrogen-bond donors (Lipinski definition) is 0. The zero-order chi connectivity index (χ0) is 25.8. The van der Waals surface area contributed by atoms with Gasteiger partial charge in [-0.05, 0) is 45.5 Å². The highest BCUT2D eigenvalue weighted by Crippen LogP contribution is 2.40. The number of quaternary nitrogens is 2. The van der Waals surface area contributed by atoms with Crippen LogP contribution in [0.25, 0.3) is 32.7 Å². The second-order valence-corrected chi connectivity index (χ2v) is 12.0. The van der Waals surface area contributed by atoms with Gasteiger partial charge < -0.3 is 8.97 Å². The minimum Gasteiger partial charge on any atom is -0.325 e. The summed E-state index contributed by atoms with van der Waals surface area (Å²) in [5.74, 6) is 0. The van der Waals surface area contributed by atoms with E-state index in [0.717, 1.165) is 22.1 Å². The smallest absolute Gasteiger partial charge is 0.105 e. The van der Waals surface area contributed by atoms with E-state index in [1.54, 1.807) is 0 Å². The lowest BCUT2D eigenvalue weighted by molar-refractivity contribution is -0.903. The molecule has 4 rings (SSSR count). The first kappa shape index (κ1) is 26.4. The Balaban J connectivity index is 1.98. The van der Waals surface area contributed by atoms with E-state index in [2.05, 4.69) is 115 Å². The third kappa shape index (κ3) is 5.99. The van der Waals surface area contributed by atoms with E-state index in [1.807, 2.05) is 0 Å². The summed E-state index contributed by atoms with van der Waals surface area (Å²) in [6, 6.07) is 27.4. The van der Waals surface area contributed by atoms with Gasteiger partial charge in [0.15, 0.2) is 0 Å². The van der Waals surface area contributed by atoms with Gasteiger partial charge in [-0.15, -0.1) is 0 Å². The molecule has 0 spiro atoms. The van der Waals surface area contributed by atoms with Crippen LogP contribution < -0.4 is 0 Å². The normalized spacial score (nSPS) is 12.5. The van der Waals surface area contributed by atoms with Gasteiger partial charge >= 0.3 is 0 Å². The van der Waals surface area contributed by atoms with Crippen LogP contribution in [-0.4, -0.2) is 50.2 Å². The lowest BCUT2D eigenvalue weighted by atomic mass is 9.86. The lowest BCUT2D eigenvalue weighted by Crippen LogP contribution is -2.40. The zero-order valence-corrected chi connectivity index (χ0v) is 23.5. The van der Waals surface area contributed by atoms with E-state index in [4.69, 9.17) is 0 Å². The SMILES string of the molecule is CCCC[N+](C)(C)Cc1ccc2ccccc2c1-c1c(C[N+](C)(C)CCCC)ccc2ccccc12. The summed E-state index contributed by atoms with van der Waals surface area (Å²) in [6.45, 7) is 9.07. The van der Waals surface area contributed by atoms with Crippen molar-refractivity contribution in [1.29, 1.82) is 0 Å². The molecule has 0 saturated heterocycles. The van der Waals surface area contributed by atoms with Crippen molar-refractivity contribution in [3.63, 3.8) is 0 Å². The Morgan fingerprint density at radius 3 is 1.28 bits per heavy atom. The molecule has 0 amide bonds. The predicted molar refractivity (Wildman–Crippen MR) is 158 cm³/mol. The predicted octanol–water partition coefficient (Wildman–Crippen LogP) is 8.41. The van der Waals surface area contributed by atoms with Crippen LogP contribution in [0.4, 0.5) is 0 Å². The molecule has 0 atom stereocenters. The van der Waals surface area contributed by atoms with Gasteiger partial charge in [-0.1, -0.05) is 99.5 Å². The van der Waals surface area contributed by atoms with Gasteiger partial charge in [0.1, 0.15) is 13.1 Å². The molecule has 0 unspecified atom stereocenters. The minimum absolute atomic E-state index is 1.01. The average Bonchev–Trinajstić information content (AvgIpc) is 2.86. The van der Waals surface area contributed by atoms with E-state index in [-0.39, 0.29) is 0 Å². The molecule has 0 aliphatic carbocycles. The van der Waals surface area contributed by atoms with Crippen molar-refractivity contribution in [3.8, 4) is 11.1 Å². The minimum atomic E-state index is 1.01. The fourth-order valence-corrected chi connectivity index (χ4v) is 5.74. The number of unbranched alkanes of at least 4 members (excludes halogenated alkanes) is 2. The van der Waals surface area contributed by atoms with E-state index < -0.39 is 0 Å². The molecular formula is C34H46N2+2. The molecule has 0 fully saturated rings. The van der Waals surface area contributed by atoms with Gasteiger partial charge in [0.05, 0.1) is 41.3 Å². The molecule has 0 aliphatic heterocycles. The first-order valence-corrected chi connectivity index (χ1v) is 13.9. The molecule has 4 aromatic rings. The number of rotatable bonds is 11. The van der Waals surface area contributed by atoms with Gasteiger partial charge in [0.2, 0.25) is 0 Å². The Bertz CT molecular complexity index is 1210. The van der Waals surface area contributed by atoms with Crippen LogP contribution in [-0.2, 0) is 13.1 Å². The van der Waals surface area contributed by atoms with Gasteiger partial charge in [0.25, 0.3) is 0 Å². The molecule has 2 heteroatoms. The summed E-state index contributed by atoms with van der Waals surface area (Å²) in [6.07, 6.45) is 5.01. The lowest BCUT2D eigenvalue weighted by Gasteiger charge is -2.33. The molecule has 0 saturated carbocycles. The maximum atomic E-state index is 2.41. The van der Waals surface area contributed by atoms with Crippen molar-refractivity contribution in [2.24, 2.45) is 0 Å². The highest BCUT2D eigenvalue weighted by atomic mass is 15.3. The fraction of sp³-hybridized carbons (Fsp3) is 0.412. The Hall–Kier alpha value is -2.68. The third-order valence-corrected chi connectivity index (χ3v) is 7.71. The van der Waals surface area contributed by atoms with Crippen molar-refractivity contribution in [1.82, 2.24) is 0 Å². The van der Waals surface area contributed by atoms with Crippen LogP contribution in [0.1, 0.15) is 50.7 Å². The molecule has 36 heavy (non-hydrogen) atoms. The summed E-state index contributed by atoms with van der Waals surface area (Å²) in [5, 5.41) is 5.41. The standard InChI is InChI=1S/C34H46N2/c1-7-9-23-35(3,4)25-29-21-19-27-15-11-13-17-31(27)33(29)34-30(26-36(5,6)24-10-8-2)22-20-28-16-12-14-18-32(28)34/h11-22H,7-10,23-26H2,1-6H3/q+2. The highest BCUT2D eigenvalue weighted by molar-refractivity contribution is 6.07. The number of benzene rings is 4. The number of fused-ring (bicyclic) bond motifs is 2. The topological polar surface area (TPSA) is 0 Å². The monoisotopic (exact) mass is 482 g/mol. The summed E-state index contributed by atoms with van der Waals surface area (Å²) in [5.41, 5.74) is 5.81. The van der Waals surface area contributed by atoms with Crippen molar-refractivity contribution >= 4 is 21.5 Å². The first-order chi connectivity index (χ1) is 17.2. The maximum Gasteiger partial charge on any atom is 0.105 e. The summed E-state index contributed by atoms with van der Waals surface area (Å²) in [7, 11) is 9.57. The second-order valence-electron chi connectivity index (χ2n) is 12.0. The maximum absolute atomic E-state index is 2.41. The molecule has 0 bridgehead atoms. The van der Waals surface area contributed by atoms with Crippen LogP contribution in [0, 0.1) is 0 Å². The third-order valence-electron chi connectivity index (χ3n) is 7.71.